The summed E-state index contributed by atoms with van der Waals surface area (Å²) in [5.41, 5.74) is 0. The molecule has 0 atom stereocenters. The molecule has 0 rings (SSSR count). The van der Waals surface area contributed by atoms with E-state index < -0.39 is 0 Å². The molecule has 0 saturated carbocycles. The topological polar surface area (TPSA) is 65.6 Å². The van der Waals surface area contributed by atoms with Gasteiger partial charge in [0, 0.05) is 12.8 Å². The fourth-order valence-electron chi connectivity index (χ4n) is 0.393. The summed E-state index contributed by atoms with van der Waals surface area (Å²) in [5.74, 6) is 0. The highest BCUT2D eigenvalue weighted by atomic mass is 35.5. The molecule has 0 amide bonds. The summed E-state index contributed by atoms with van der Waals surface area (Å²) in [7, 11) is 0. The van der Waals surface area contributed by atoms with E-state index in [2.05, 4.69) is 0 Å². The zero-order valence-electron chi connectivity index (χ0n) is 7.90. The lowest BCUT2D eigenvalue weighted by Gasteiger charge is -1.77. The molecule has 0 aliphatic heterocycles. The first-order chi connectivity index (χ1) is 5.54. The molecule has 0 aromatic carbocycles. The summed E-state index contributed by atoms with van der Waals surface area (Å²) in [6.07, 6.45) is 2.70. The average molecular weight is 231 g/mol. The van der Waals surface area contributed by atoms with Crippen LogP contribution in [0.4, 0.5) is 0 Å². The van der Waals surface area contributed by atoms with Crippen LogP contribution in [0.25, 0.3) is 0 Å². The van der Waals surface area contributed by atoms with E-state index in [0.29, 0.717) is 12.8 Å². The molecular formula is C8H16Cl2O3. The fraction of sp³-hybridized carbons (Fsp3) is 0.750. The molecule has 0 bridgehead atoms. The van der Waals surface area contributed by atoms with Gasteiger partial charge in [-0.15, -0.1) is 0 Å². The van der Waals surface area contributed by atoms with Crippen LogP contribution in [0.1, 0.15) is 39.5 Å². The van der Waals surface area contributed by atoms with Gasteiger partial charge in [0.15, 0.2) is 0 Å². The first kappa shape index (κ1) is 18.6. The molecule has 0 spiro atoms. The largest absolute Gasteiger partial charge is 0.412 e. The molecule has 0 aliphatic carbocycles. The Morgan fingerprint density at radius 1 is 0.923 bits per heavy atom. The minimum atomic E-state index is -0.238. The third-order valence-corrected chi connectivity index (χ3v) is 1.27. The normalized spacial score (nSPS) is 7.69. The first-order valence-corrected chi connectivity index (χ1v) is 4.66. The van der Waals surface area contributed by atoms with Crippen LogP contribution in [0, 0.1) is 0 Å². The molecule has 0 aliphatic rings. The summed E-state index contributed by atoms with van der Waals surface area (Å²) < 4.78 is 0. The van der Waals surface area contributed by atoms with Gasteiger partial charge in [-0.2, -0.15) is 0 Å². The second-order valence-electron chi connectivity index (χ2n) is 2.21. The molecular weight excluding hydrogens is 215 g/mol. The van der Waals surface area contributed by atoms with Crippen molar-refractivity contribution >= 4 is 33.7 Å². The smallest absolute Gasteiger partial charge is 0.221 e. The number of carbonyl (C=O) groups excluding carboxylic acids is 2. The lowest BCUT2D eigenvalue weighted by molar-refractivity contribution is -0.112. The van der Waals surface area contributed by atoms with Gasteiger partial charge >= 0.3 is 0 Å². The Bertz CT molecular complexity index is 121. The Kier molecular flexibility index (Phi) is 20.6. The van der Waals surface area contributed by atoms with Crippen LogP contribution in [0.15, 0.2) is 0 Å². The van der Waals surface area contributed by atoms with Crippen LogP contribution in [-0.2, 0) is 9.59 Å². The van der Waals surface area contributed by atoms with E-state index in [1.165, 1.54) is 0 Å². The van der Waals surface area contributed by atoms with Crippen molar-refractivity contribution in [1.29, 1.82) is 0 Å². The average Bonchev–Trinajstić information content (AvgIpc) is 1.87. The lowest BCUT2D eigenvalue weighted by atomic mass is 10.4. The van der Waals surface area contributed by atoms with Crippen LogP contribution in [0.5, 0.6) is 0 Å². The molecule has 0 aromatic heterocycles. The van der Waals surface area contributed by atoms with Crippen molar-refractivity contribution in [2.45, 2.75) is 39.5 Å². The van der Waals surface area contributed by atoms with Gasteiger partial charge in [0.05, 0.1) is 0 Å². The van der Waals surface area contributed by atoms with Gasteiger partial charge in [-0.3, -0.25) is 9.59 Å². The number of hydrogen-bond acceptors (Lipinski definition) is 2. The Morgan fingerprint density at radius 2 is 1.15 bits per heavy atom. The fourth-order valence-corrected chi connectivity index (χ4v) is 0.771. The number of carbonyl (C=O) groups is 2. The Labute approximate surface area is 88.7 Å². The monoisotopic (exact) mass is 230 g/mol. The van der Waals surface area contributed by atoms with E-state index in [0.717, 1.165) is 12.8 Å². The minimum Gasteiger partial charge on any atom is -0.412 e. The zero-order chi connectivity index (χ0) is 9.98. The van der Waals surface area contributed by atoms with Crippen molar-refractivity contribution < 1.29 is 15.1 Å². The van der Waals surface area contributed by atoms with E-state index in [1.54, 1.807) is 0 Å². The maximum atomic E-state index is 9.81. The van der Waals surface area contributed by atoms with Crippen molar-refractivity contribution in [3.63, 3.8) is 0 Å². The van der Waals surface area contributed by atoms with Gasteiger partial charge in [-0.25, -0.2) is 0 Å². The van der Waals surface area contributed by atoms with Crippen LogP contribution in [0.3, 0.4) is 0 Å². The highest BCUT2D eigenvalue weighted by Gasteiger charge is 1.87. The van der Waals surface area contributed by atoms with Crippen molar-refractivity contribution in [2.75, 3.05) is 0 Å². The predicted octanol–water partition coefficient (Wildman–Crippen LogP) is 2.28. The molecule has 0 saturated heterocycles. The van der Waals surface area contributed by atoms with Gasteiger partial charge < -0.3 is 5.48 Å². The maximum Gasteiger partial charge on any atom is 0.221 e. The summed E-state index contributed by atoms with van der Waals surface area (Å²) in [6, 6.07) is 0. The van der Waals surface area contributed by atoms with E-state index >= 15 is 0 Å². The predicted molar refractivity (Wildman–Crippen MR) is 55.1 cm³/mol. The van der Waals surface area contributed by atoms with Crippen LogP contribution in [-0.4, -0.2) is 16.0 Å². The number of hydrogen-bond donors (Lipinski definition) is 0. The van der Waals surface area contributed by atoms with Gasteiger partial charge in [-0.05, 0) is 36.0 Å². The Hall–Kier alpha value is -0.120. The zero-order valence-corrected chi connectivity index (χ0v) is 9.41. The van der Waals surface area contributed by atoms with Gasteiger partial charge in [0.2, 0.25) is 10.5 Å². The van der Waals surface area contributed by atoms with Crippen molar-refractivity contribution in [2.24, 2.45) is 0 Å². The maximum absolute atomic E-state index is 9.81. The quantitative estimate of drug-likeness (QED) is 0.696. The molecule has 3 nitrogen and oxygen atoms in total. The SMILES string of the molecule is CCCC(=O)Cl.CCCC(=O)Cl.O. The molecule has 0 unspecified atom stereocenters. The standard InChI is InChI=1S/2C4H7ClO.H2O/c2*1-2-3-4(5)6;/h2*2-3H2,1H3;1H2. The third kappa shape index (κ3) is 33.5. The minimum absolute atomic E-state index is 0. The molecule has 0 heterocycles. The summed E-state index contributed by atoms with van der Waals surface area (Å²) in [6.45, 7) is 3.83. The molecule has 5 heteroatoms. The van der Waals surface area contributed by atoms with E-state index in [9.17, 15) is 9.59 Å². The van der Waals surface area contributed by atoms with Gasteiger partial charge in [-0.1, -0.05) is 13.8 Å². The van der Waals surface area contributed by atoms with Crippen molar-refractivity contribution in [1.82, 2.24) is 0 Å². The summed E-state index contributed by atoms with van der Waals surface area (Å²) in [5, 5.41) is -0.477. The lowest BCUT2D eigenvalue weighted by Crippen LogP contribution is -1.79. The summed E-state index contributed by atoms with van der Waals surface area (Å²) in [4.78, 5) is 19.6. The van der Waals surface area contributed by atoms with E-state index in [-0.39, 0.29) is 16.0 Å². The van der Waals surface area contributed by atoms with E-state index in [1.807, 2.05) is 13.8 Å². The number of rotatable bonds is 4. The van der Waals surface area contributed by atoms with Crippen molar-refractivity contribution in [3.8, 4) is 0 Å². The van der Waals surface area contributed by atoms with Gasteiger partial charge in [0.25, 0.3) is 0 Å². The Balaban J connectivity index is -0.000000143. The molecule has 0 fully saturated rings. The molecule has 2 N–H and O–H groups in total. The van der Waals surface area contributed by atoms with Gasteiger partial charge in [0.1, 0.15) is 0 Å². The highest BCUT2D eigenvalue weighted by molar-refractivity contribution is 6.63. The second kappa shape index (κ2) is 14.4. The van der Waals surface area contributed by atoms with Crippen molar-refractivity contribution in [3.05, 3.63) is 0 Å². The molecule has 0 aromatic rings. The van der Waals surface area contributed by atoms with E-state index in [4.69, 9.17) is 23.2 Å². The van der Waals surface area contributed by atoms with Crippen LogP contribution < -0.4 is 0 Å². The highest BCUT2D eigenvalue weighted by Crippen LogP contribution is 1.90. The molecule has 0 radical (unpaired) electrons. The number of halogens is 2. The Morgan fingerprint density at radius 3 is 1.15 bits per heavy atom. The second-order valence-corrected chi connectivity index (χ2v) is 3.05. The molecule has 13 heavy (non-hydrogen) atoms. The summed E-state index contributed by atoms with van der Waals surface area (Å²) >= 11 is 9.88. The van der Waals surface area contributed by atoms with Crippen LogP contribution >= 0.6 is 23.2 Å². The third-order valence-electron chi connectivity index (χ3n) is 0.893. The molecule has 80 valence electrons. The van der Waals surface area contributed by atoms with Crippen LogP contribution in [0.2, 0.25) is 0 Å². The first-order valence-electron chi connectivity index (χ1n) is 3.91.